The monoisotopic (exact) mass is 189 g/mol. The van der Waals surface area contributed by atoms with E-state index in [-0.39, 0.29) is 5.97 Å². The van der Waals surface area contributed by atoms with Crippen molar-refractivity contribution < 1.29 is 14.3 Å². The van der Waals surface area contributed by atoms with E-state index in [2.05, 4.69) is 0 Å². The van der Waals surface area contributed by atoms with Gasteiger partial charge in [0, 0.05) is 6.54 Å². The van der Waals surface area contributed by atoms with E-state index < -0.39 is 5.41 Å². The SMILES string of the molecule is CC(C)(C)C(=O)OCCOCCN. The first-order valence-electron chi connectivity index (χ1n) is 4.43. The Morgan fingerprint density at radius 3 is 2.31 bits per heavy atom. The Morgan fingerprint density at radius 2 is 1.85 bits per heavy atom. The van der Waals surface area contributed by atoms with Crippen LogP contribution in [0.5, 0.6) is 0 Å². The van der Waals surface area contributed by atoms with E-state index in [1.54, 1.807) is 0 Å². The van der Waals surface area contributed by atoms with Crippen molar-refractivity contribution in [2.75, 3.05) is 26.4 Å². The molecule has 0 fully saturated rings. The minimum Gasteiger partial charge on any atom is -0.463 e. The number of carbonyl (C=O) groups excluding carboxylic acids is 1. The highest BCUT2D eigenvalue weighted by molar-refractivity contribution is 5.75. The van der Waals surface area contributed by atoms with Gasteiger partial charge in [0.1, 0.15) is 6.61 Å². The van der Waals surface area contributed by atoms with Crippen molar-refractivity contribution in [2.45, 2.75) is 20.8 Å². The fraction of sp³-hybridized carbons (Fsp3) is 0.889. The average Bonchev–Trinajstić information content (AvgIpc) is 2.02. The second-order valence-electron chi connectivity index (χ2n) is 3.79. The van der Waals surface area contributed by atoms with Gasteiger partial charge in [-0.05, 0) is 20.8 Å². The van der Waals surface area contributed by atoms with Crippen molar-refractivity contribution in [3.05, 3.63) is 0 Å². The predicted molar refractivity (Wildman–Crippen MR) is 50.3 cm³/mol. The lowest BCUT2D eigenvalue weighted by Crippen LogP contribution is -2.24. The lowest BCUT2D eigenvalue weighted by atomic mass is 9.97. The number of hydrogen-bond donors (Lipinski definition) is 1. The van der Waals surface area contributed by atoms with Crippen molar-refractivity contribution in [1.82, 2.24) is 0 Å². The maximum absolute atomic E-state index is 11.2. The summed E-state index contributed by atoms with van der Waals surface area (Å²) in [6.07, 6.45) is 0. The standard InChI is InChI=1S/C9H19NO3/c1-9(2,3)8(11)13-7-6-12-5-4-10/h4-7,10H2,1-3H3. The van der Waals surface area contributed by atoms with E-state index in [9.17, 15) is 4.79 Å². The van der Waals surface area contributed by atoms with Crippen molar-refractivity contribution in [1.29, 1.82) is 0 Å². The molecule has 0 heterocycles. The van der Waals surface area contributed by atoms with Crippen LogP contribution in [-0.4, -0.2) is 32.3 Å². The zero-order valence-corrected chi connectivity index (χ0v) is 8.63. The molecule has 0 saturated carbocycles. The van der Waals surface area contributed by atoms with E-state index in [1.165, 1.54) is 0 Å². The largest absolute Gasteiger partial charge is 0.463 e. The molecule has 0 aromatic carbocycles. The lowest BCUT2D eigenvalue weighted by molar-refractivity contribution is -0.154. The highest BCUT2D eigenvalue weighted by Crippen LogP contribution is 2.14. The first-order chi connectivity index (χ1) is 5.98. The van der Waals surface area contributed by atoms with Crippen LogP contribution in [0.3, 0.4) is 0 Å². The summed E-state index contributed by atoms with van der Waals surface area (Å²) >= 11 is 0. The van der Waals surface area contributed by atoms with Gasteiger partial charge in [-0.1, -0.05) is 0 Å². The lowest BCUT2D eigenvalue weighted by Gasteiger charge is -2.16. The number of rotatable bonds is 5. The molecule has 0 saturated heterocycles. The van der Waals surface area contributed by atoms with Gasteiger partial charge in [-0.25, -0.2) is 0 Å². The van der Waals surface area contributed by atoms with Crippen LogP contribution >= 0.6 is 0 Å². The fourth-order valence-electron chi connectivity index (χ4n) is 0.595. The van der Waals surface area contributed by atoms with Crippen LogP contribution in [0.1, 0.15) is 20.8 Å². The molecule has 0 atom stereocenters. The van der Waals surface area contributed by atoms with E-state index in [1.807, 2.05) is 20.8 Å². The van der Waals surface area contributed by atoms with Gasteiger partial charge < -0.3 is 15.2 Å². The number of nitrogens with two attached hydrogens (primary N) is 1. The smallest absolute Gasteiger partial charge is 0.311 e. The Balaban J connectivity index is 3.38. The Hall–Kier alpha value is -0.610. The zero-order chi connectivity index (χ0) is 10.3. The first-order valence-corrected chi connectivity index (χ1v) is 4.43. The molecule has 0 radical (unpaired) electrons. The summed E-state index contributed by atoms with van der Waals surface area (Å²) in [7, 11) is 0. The molecule has 2 N–H and O–H groups in total. The molecule has 0 aromatic rings. The highest BCUT2D eigenvalue weighted by atomic mass is 16.6. The van der Waals surface area contributed by atoms with Gasteiger partial charge in [-0.15, -0.1) is 0 Å². The molecule has 0 aromatic heterocycles. The molecule has 0 aliphatic carbocycles. The second kappa shape index (κ2) is 5.94. The Labute approximate surface area is 79.4 Å². The maximum atomic E-state index is 11.2. The molecule has 0 bridgehead atoms. The van der Waals surface area contributed by atoms with Gasteiger partial charge in [0.25, 0.3) is 0 Å². The topological polar surface area (TPSA) is 61.5 Å². The quantitative estimate of drug-likeness (QED) is 0.507. The van der Waals surface area contributed by atoms with Crippen LogP contribution in [0.25, 0.3) is 0 Å². The highest BCUT2D eigenvalue weighted by Gasteiger charge is 2.22. The van der Waals surface area contributed by atoms with Crippen LogP contribution in [0.4, 0.5) is 0 Å². The second-order valence-corrected chi connectivity index (χ2v) is 3.79. The van der Waals surface area contributed by atoms with Crippen LogP contribution in [0.15, 0.2) is 0 Å². The number of hydrogen-bond acceptors (Lipinski definition) is 4. The summed E-state index contributed by atoms with van der Waals surface area (Å²) < 4.78 is 9.99. The molecule has 4 heteroatoms. The third-order valence-corrected chi connectivity index (χ3v) is 1.34. The zero-order valence-electron chi connectivity index (χ0n) is 8.63. The number of esters is 1. The number of ether oxygens (including phenoxy) is 2. The van der Waals surface area contributed by atoms with Gasteiger partial charge in [0.2, 0.25) is 0 Å². The Kier molecular flexibility index (Phi) is 5.66. The summed E-state index contributed by atoms with van der Waals surface area (Å²) in [5.41, 5.74) is 4.77. The van der Waals surface area contributed by atoms with Crippen molar-refractivity contribution >= 4 is 5.97 Å². The molecule has 0 amide bonds. The number of carbonyl (C=O) groups is 1. The van der Waals surface area contributed by atoms with E-state index in [4.69, 9.17) is 15.2 Å². The molecule has 78 valence electrons. The Bertz CT molecular complexity index is 151. The van der Waals surface area contributed by atoms with Gasteiger partial charge in [0.05, 0.1) is 18.6 Å². The molecule has 0 spiro atoms. The van der Waals surface area contributed by atoms with E-state index >= 15 is 0 Å². The van der Waals surface area contributed by atoms with Crippen LogP contribution in [0, 0.1) is 5.41 Å². The van der Waals surface area contributed by atoms with Gasteiger partial charge in [-0.3, -0.25) is 4.79 Å². The average molecular weight is 189 g/mol. The first kappa shape index (κ1) is 12.4. The summed E-state index contributed by atoms with van der Waals surface area (Å²) in [4.78, 5) is 11.2. The van der Waals surface area contributed by atoms with E-state index in [0.717, 1.165) is 0 Å². The minimum absolute atomic E-state index is 0.205. The van der Waals surface area contributed by atoms with Crippen molar-refractivity contribution in [3.63, 3.8) is 0 Å². The van der Waals surface area contributed by atoms with Crippen LogP contribution in [0.2, 0.25) is 0 Å². The van der Waals surface area contributed by atoms with Gasteiger partial charge >= 0.3 is 5.97 Å². The third kappa shape index (κ3) is 6.54. The summed E-state index contributed by atoms with van der Waals surface area (Å²) in [5.74, 6) is -0.205. The van der Waals surface area contributed by atoms with Crippen molar-refractivity contribution in [3.8, 4) is 0 Å². The molecule has 4 nitrogen and oxygen atoms in total. The summed E-state index contributed by atoms with van der Waals surface area (Å²) in [6, 6.07) is 0. The predicted octanol–water partition coefficient (Wildman–Crippen LogP) is 0.551. The molecular formula is C9H19NO3. The summed E-state index contributed by atoms with van der Waals surface area (Å²) in [6.45, 7) is 7.16. The molecule has 0 aliphatic heterocycles. The molecule has 0 aliphatic rings. The normalized spacial score (nSPS) is 11.4. The van der Waals surface area contributed by atoms with Crippen LogP contribution in [-0.2, 0) is 14.3 Å². The summed E-state index contributed by atoms with van der Waals surface area (Å²) in [5, 5.41) is 0. The third-order valence-electron chi connectivity index (χ3n) is 1.34. The van der Waals surface area contributed by atoms with Gasteiger partial charge in [-0.2, -0.15) is 0 Å². The van der Waals surface area contributed by atoms with Gasteiger partial charge in [0.15, 0.2) is 0 Å². The molecule has 0 unspecified atom stereocenters. The minimum atomic E-state index is -0.437. The van der Waals surface area contributed by atoms with Crippen molar-refractivity contribution in [2.24, 2.45) is 11.1 Å². The maximum Gasteiger partial charge on any atom is 0.311 e. The van der Waals surface area contributed by atoms with Crippen LogP contribution < -0.4 is 5.73 Å². The molecule has 0 rings (SSSR count). The molecule has 13 heavy (non-hydrogen) atoms. The Morgan fingerprint density at radius 1 is 1.23 bits per heavy atom. The van der Waals surface area contributed by atoms with E-state index in [0.29, 0.717) is 26.4 Å². The fourth-order valence-corrected chi connectivity index (χ4v) is 0.595. The molecular weight excluding hydrogens is 170 g/mol.